The molecule has 0 aromatic carbocycles. The Hall–Kier alpha value is -2.79. The summed E-state index contributed by atoms with van der Waals surface area (Å²) in [5.41, 5.74) is 10.1. The minimum absolute atomic E-state index is 0.321. The molecule has 0 radical (unpaired) electrons. The van der Waals surface area contributed by atoms with E-state index in [0.29, 0.717) is 18.5 Å². The lowest BCUT2D eigenvalue weighted by atomic mass is 9.93. The van der Waals surface area contributed by atoms with Crippen LogP contribution < -0.4 is 16.4 Å². The standard InChI is InChI=1S/C26H39N5/c1-19(2)15-18-28-21(4)20(3)10-11-24-12-13-25(14-16-27)31(22(24)5)23(6)30-26-9-7-8-17-29-26/h7-11,17,19,25,28H,3-4,6,12-16,18,27H2,1-2,5H3,(H,29,30)/b11-10-. The Morgan fingerprint density at radius 1 is 1.32 bits per heavy atom. The molecule has 1 aliphatic heterocycles. The van der Waals surface area contributed by atoms with Crippen LogP contribution in [0.2, 0.25) is 0 Å². The van der Waals surface area contributed by atoms with E-state index in [2.05, 4.69) is 73.2 Å². The number of nitrogens with two attached hydrogens (primary N) is 1. The highest BCUT2D eigenvalue weighted by Gasteiger charge is 2.27. The Morgan fingerprint density at radius 2 is 2.10 bits per heavy atom. The van der Waals surface area contributed by atoms with Crippen LogP contribution in [0.4, 0.5) is 5.82 Å². The highest BCUT2D eigenvalue weighted by atomic mass is 15.3. The molecule has 5 nitrogen and oxygen atoms in total. The molecule has 1 aromatic heterocycles. The van der Waals surface area contributed by atoms with Gasteiger partial charge in [-0.3, -0.25) is 0 Å². The van der Waals surface area contributed by atoms with Crippen LogP contribution in [0.5, 0.6) is 0 Å². The van der Waals surface area contributed by atoms with Crippen molar-refractivity contribution < 1.29 is 0 Å². The molecule has 0 bridgehead atoms. The van der Waals surface area contributed by atoms with Crippen molar-refractivity contribution in [2.24, 2.45) is 11.7 Å². The molecular weight excluding hydrogens is 382 g/mol. The monoisotopic (exact) mass is 421 g/mol. The number of aromatic nitrogens is 1. The van der Waals surface area contributed by atoms with Gasteiger partial charge >= 0.3 is 0 Å². The second-order valence-corrected chi connectivity index (χ2v) is 8.48. The lowest BCUT2D eigenvalue weighted by molar-refractivity contribution is 0.267. The maximum Gasteiger partial charge on any atom is 0.131 e. The first-order chi connectivity index (χ1) is 14.8. The Bertz CT molecular complexity index is 819. The second kappa shape index (κ2) is 12.2. The van der Waals surface area contributed by atoms with Crippen molar-refractivity contribution in [2.45, 2.75) is 52.5 Å². The smallest absolute Gasteiger partial charge is 0.131 e. The quantitative estimate of drug-likeness (QED) is 0.399. The molecule has 31 heavy (non-hydrogen) atoms. The predicted molar refractivity (Wildman–Crippen MR) is 133 cm³/mol. The average molecular weight is 422 g/mol. The molecular formula is C26H39N5. The van der Waals surface area contributed by atoms with Gasteiger partial charge in [-0.2, -0.15) is 0 Å². The van der Waals surface area contributed by atoms with E-state index >= 15 is 0 Å². The number of allylic oxidation sites excluding steroid dienone is 4. The van der Waals surface area contributed by atoms with Crippen LogP contribution in [-0.4, -0.2) is 29.0 Å². The normalized spacial score (nSPS) is 16.7. The molecule has 1 aromatic rings. The molecule has 1 atom stereocenters. The maximum absolute atomic E-state index is 5.90. The minimum atomic E-state index is 0.321. The molecule has 168 valence electrons. The maximum atomic E-state index is 5.90. The van der Waals surface area contributed by atoms with Crippen molar-refractivity contribution in [3.63, 3.8) is 0 Å². The second-order valence-electron chi connectivity index (χ2n) is 8.48. The number of nitrogens with zero attached hydrogens (tertiary/aromatic N) is 2. The van der Waals surface area contributed by atoms with Crippen molar-refractivity contribution in [1.82, 2.24) is 15.2 Å². The van der Waals surface area contributed by atoms with Crippen molar-refractivity contribution >= 4 is 5.82 Å². The van der Waals surface area contributed by atoms with Gasteiger partial charge in [-0.1, -0.05) is 51.8 Å². The molecule has 0 spiro atoms. The van der Waals surface area contributed by atoms with Gasteiger partial charge in [0.05, 0.1) is 0 Å². The molecule has 2 heterocycles. The molecule has 1 aliphatic rings. The lowest BCUT2D eigenvalue weighted by Gasteiger charge is -2.40. The van der Waals surface area contributed by atoms with E-state index in [9.17, 15) is 0 Å². The van der Waals surface area contributed by atoms with E-state index in [1.165, 1.54) is 11.3 Å². The molecule has 2 rings (SSSR count). The zero-order chi connectivity index (χ0) is 22.8. The summed E-state index contributed by atoms with van der Waals surface area (Å²) >= 11 is 0. The molecule has 1 unspecified atom stereocenters. The lowest BCUT2D eigenvalue weighted by Crippen LogP contribution is -2.40. The molecule has 5 heteroatoms. The molecule has 0 saturated heterocycles. The van der Waals surface area contributed by atoms with Gasteiger partial charge in [0.15, 0.2) is 0 Å². The van der Waals surface area contributed by atoms with Crippen molar-refractivity contribution in [1.29, 1.82) is 0 Å². The van der Waals surface area contributed by atoms with Gasteiger partial charge < -0.3 is 21.3 Å². The van der Waals surface area contributed by atoms with Crippen molar-refractivity contribution in [2.75, 3.05) is 18.4 Å². The van der Waals surface area contributed by atoms with Crippen LogP contribution in [0.3, 0.4) is 0 Å². The molecule has 0 amide bonds. The minimum Gasteiger partial charge on any atom is -0.385 e. The van der Waals surface area contributed by atoms with Crippen LogP contribution in [-0.2, 0) is 0 Å². The SMILES string of the molecule is C=C(/C=C\C1=C(C)N(C(=C)Nc2ccccn2)C(CCN)CC1)C(=C)NCCC(C)C. The third-order valence-corrected chi connectivity index (χ3v) is 5.60. The Balaban J connectivity index is 2.12. The number of pyridine rings is 1. The van der Waals surface area contributed by atoms with Crippen molar-refractivity contribution in [3.8, 4) is 0 Å². The number of nitrogens with one attached hydrogen (secondary N) is 2. The zero-order valence-corrected chi connectivity index (χ0v) is 19.5. The number of rotatable bonds is 12. The zero-order valence-electron chi connectivity index (χ0n) is 19.5. The van der Waals surface area contributed by atoms with Gasteiger partial charge in [0.2, 0.25) is 0 Å². The van der Waals surface area contributed by atoms with Gasteiger partial charge in [0.1, 0.15) is 11.6 Å². The topological polar surface area (TPSA) is 66.2 Å². The highest BCUT2D eigenvalue weighted by molar-refractivity contribution is 5.43. The van der Waals surface area contributed by atoms with Crippen molar-refractivity contribution in [3.05, 3.63) is 84.6 Å². The summed E-state index contributed by atoms with van der Waals surface area (Å²) in [6, 6.07) is 6.12. The van der Waals surface area contributed by atoms with E-state index in [4.69, 9.17) is 5.73 Å². The summed E-state index contributed by atoms with van der Waals surface area (Å²) in [4.78, 5) is 6.63. The summed E-state index contributed by atoms with van der Waals surface area (Å²) < 4.78 is 0. The van der Waals surface area contributed by atoms with Crippen LogP contribution in [0.25, 0.3) is 0 Å². The fourth-order valence-corrected chi connectivity index (χ4v) is 3.73. The van der Waals surface area contributed by atoms with E-state index < -0.39 is 0 Å². The summed E-state index contributed by atoms with van der Waals surface area (Å²) in [6.45, 7) is 20.7. The van der Waals surface area contributed by atoms with E-state index in [0.717, 1.165) is 55.1 Å². The first kappa shape index (κ1) is 24.5. The Morgan fingerprint density at radius 3 is 2.74 bits per heavy atom. The average Bonchev–Trinajstić information content (AvgIpc) is 2.73. The van der Waals surface area contributed by atoms with Crippen LogP contribution in [0, 0.1) is 5.92 Å². The molecule has 0 saturated carbocycles. The highest BCUT2D eigenvalue weighted by Crippen LogP contribution is 2.32. The predicted octanol–water partition coefficient (Wildman–Crippen LogP) is 5.31. The molecule has 0 aliphatic carbocycles. The van der Waals surface area contributed by atoms with Gasteiger partial charge in [0, 0.05) is 30.2 Å². The number of hydrogen-bond acceptors (Lipinski definition) is 5. The van der Waals surface area contributed by atoms with Gasteiger partial charge in [0.25, 0.3) is 0 Å². The molecule has 4 N–H and O–H groups in total. The van der Waals surface area contributed by atoms with E-state index in [1.807, 2.05) is 18.2 Å². The van der Waals surface area contributed by atoms with Gasteiger partial charge in [-0.15, -0.1) is 0 Å². The van der Waals surface area contributed by atoms with Crippen LogP contribution in [0.1, 0.15) is 46.5 Å². The fourth-order valence-electron chi connectivity index (χ4n) is 3.73. The van der Waals surface area contributed by atoms with Gasteiger partial charge in [-0.25, -0.2) is 4.98 Å². The first-order valence-electron chi connectivity index (χ1n) is 11.2. The Kier molecular flexibility index (Phi) is 9.60. The Labute approximate surface area is 188 Å². The van der Waals surface area contributed by atoms with Crippen LogP contribution >= 0.6 is 0 Å². The summed E-state index contributed by atoms with van der Waals surface area (Å²) in [5, 5.41) is 6.72. The van der Waals surface area contributed by atoms with Gasteiger partial charge in [-0.05, 0) is 68.3 Å². The first-order valence-corrected chi connectivity index (χ1v) is 11.2. The summed E-state index contributed by atoms with van der Waals surface area (Å²) in [6.07, 6.45) is 10.0. The largest absolute Gasteiger partial charge is 0.385 e. The van der Waals surface area contributed by atoms with E-state index in [-0.39, 0.29) is 0 Å². The van der Waals surface area contributed by atoms with Crippen LogP contribution in [0.15, 0.2) is 84.6 Å². The summed E-state index contributed by atoms with van der Waals surface area (Å²) in [7, 11) is 0. The molecule has 0 fully saturated rings. The summed E-state index contributed by atoms with van der Waals surface area (Å²) in [5.74, 6) is 2.27. The fraction of sp³-hybridized carbons (Fsp3) is 0.423. The van der Waals surface area contributed by atoms with E-state index in [1.54, 1.807) is 6.20 Å². The third kappa shape index (κ3) is 7.44. The number of anilines is 1. The third-order valence-electron chi connectivity index (χ3n) is 5.60. The number of hydrogen-bond donors (Lipinski definition) is 3.